The SMILES string of the molecule is CC(C)NOc1cc(NC(=O)c2ccccc2[N+](=O)[O-])c(F)cc1Cl. The van der Waals surface area contributed by atoms with Gasteiger partial charge in [0.05, 0.1) is 15.6 Å². The second-order valence-corrected chi connectivity index (χ2v) is 5.77. The maximum Gasteiger partial charge on any atom is 0.282 e. The van der Waals surface area contributed by atoms with Crippen molar-refractivity contribution in [1.29, 1.82) is 0 Å². The van der Waals surface area contributed by atoms with E-state index in [-0.39, 0.29) is 33.8 Å². The zero-order valence-electron chi connectivity index (χ0n) is 13.4. The Bertz CT molecular complexity index is 814. The van der Waals surface area contributed by atoms with E-state index in [0.717, 1.165) is 6.07 Å². The van der Waals surface area contributed by atoms with Crippen molar-refractivity contribution in [3.8, 4) is 5.75 Å². The molecule has 7 nitrogen and oxygen atoms in total. The molecule has 9 heteroatoms. The molecule has 2 aromatic carbocycles. The Kier molecular flexibility index (Phi) is 5.89. The summed E-state index contributed by atoms with van der Waals surface area (Å²) in [5.74, 6) is -1.51. The highest BCUT2D eigenvalue weighted by Gasteiger charge is 2.21. The van der Waals surface area contributed by atoms with Crippen molar-refractivity contribution >= 4 is 28.9 Å². The number of nitrogens with zero attached hydrogens (tertiary/aromatic N) is 1. The minimum atomic E-state index is -0.823. The van der Waals surface area contributed by atoms with E-state index in [1.165, 1.54) is 30.3 Å². The van der Waals surface area contributed by atoms with E-state index in [4.69, 9.17) is 16.4 Å². The maximum absolute atomic E-state index is 14.1. The number of nitro benzene ring substituents is 1. The number of hydrogen-bond donors (Lipinski definition) is 2. The standard InChI is InChI=1S/C16H15ClFN3O4/c1-9(2)20-25-15-8-13(12(18)7-11(15)17)19-16(22)10-5-3-4-6-14(10)21(23)24/h3-9,20H,1-2H3,(H,19,22). The second-order valence-electron chi connectivity index (χ2n) is 5.37. The fourth-order valence-corrected chi connectivity index (χ4v) is 2.09. The number of rotatable bonds is 6. The van der Waals surface area contributed by atoms with Gasteiger partial charge in [0.1, 0.15) is 11.4 Å². The number of benzene rings is 2. The maximum atomic E-state index is 14.1. The van der Waals surface area contributed by atoms with Gasteiger partial charge in [-0.3, -0.25) is 14.9 Å². The zero-order valence-corrected chi connectivity index (χ0v) is 14.1. The van der Waals surface area contributed by atoms with E-state index < -0.39 is 16.6 Å². The van der Waals surface area contributed by atoms with Crippen LogP contribution in [0.2, 0.25) is 5.02 Å². The predicted octanol–water partition coefficient (Wildman–Crippen LogP) is 3.93. The lowest BCUT2D eigenvalue weighted by molar-refractivity contribution is -0.385. The van der Waals surface area contributed by atoms with E-state index >= 15 is 0 Å². The quantitative estimate of drug-likeness (QED) is 0.596. The van der Waals surface area contributed by atoms with Gasteiger partial charge < -0.3 is 10.2 Å². The third-order valence-corrected chi connectivity index (χ3v) is 3.32. The number of anilines is 1. The number of para-hydroxylation sites is 1. The molecule has 0 spiro atoms. The number of halogens is 2. The smallest absolute Gasteiger partial charge is 0.282 e. The number of nitrogens with one attached hydrogen (secondary N) is 2. The van der Waals surface area contributed by atoms with Crippen molar-refractivity contribution in [2.24, 2.45) is 0 Å². The summed E-state index contributed by atoms with van der Waals surface area (Å²) in [6, 6.07) is 7.52. The number of carbonyl (C=O) groups excluding carboxylic acids is 1. The van der Waals surface area contributed by atoms with Crippen molar-refractivity contribution in [3.05, 3.63) is 62.9 Å². The zero-order chi connectivity index (χ0) is 18.6. The molecule has 2 rings (SSSR count). The minimum Gasteiger partial charge on any atom is -0.407 e. The van der Waals surface area contributed by atoms with Crippen molar-refractivity contribution in [3.63, 3.8) is 0 Å². The highest BCUT2D eigenvalue weighted by Crippen LogP contribution is 2.31. The summed E-state index contributed by atoms with van der Waals surface area (Å²) in [7, 11) is 0. The van der Waals surface area contributed by atoms with E-state index in [9.17, 15) is 19.3 Å². The molecule has 0 saturated carbocycles. The summed E-state index contributed by atoms with van der Waals surface area (Å²) in [4.78, 5) is 27.8. The first kappa shape index (κ1) is 18.6. The highest BCUT2D eigenvalue weighted by molar-refractivity contribution is 6.32. The average molecular weight is 368 g/mol. The molecule has 0 bridgehead atoms. The molecule has 0 heterocycles. The van der Waals surface area contributed by atoms with E-state index in [1.54, 1.807) is 0 Å². The van der Waals surface area contributed by atoms with Gasteiger partial charge in [-0.15, -0.1) is 0 Å². The first-order valence-corrected chi connectivity index (χ1v) is 7.63. The number of carbonyl (C=O) groups is 1. The monoisotopic (exact) mass is 367 g/mol. The summed E-state index contributed by atoms with van der Waals surface area (Å²) in [5, 5.41) is 13.3. The number of amides is 1. The first-order valence-electron chi connectivity index (χ1n) is 7.25. The van der Waals surface area contributed by atoms with Gasteiger partial charge in [0.15, 0.2) is 5.75 Å². The molecule has 0 aliphatic heterocycles. The molecule has 0 atom stereocenters. The van der Waals surface area contributed by atoms with Crippen molar-refractivity contribution < 1.29 is 18.9 Å². The van der Waals surface area contributed by atoms with Gasteiger partial charge in [0, 0.05) is 18.2 Å². The van der Waals surface area contributed by atoms with E-state index in [2.05, 4.69) is 10.8 Å². The Hall–Kier alpha value is -2.71. The van der Waals surface area contributed by atoms with Crippen molar-refractivity contribution in [2.45, 2.75) is 19.9 Å². The molecular weight excluding hydrogens is 353 g/mol. The molecule has 0 aliphatic carbocycles. The van der Waals surface area contributed by atoms with Crippen LogP contribution >= 0.6 is 11.6 Å². The van der Waals surface area contributed by atoms with Crippen molar-refractivity contribution in [2.75, 3.05) is 5.32 Å². The summed E-state index contributed by atoms with van der Waals surface area (Å²) in [6.45, 7) is 3.66. The van der Waals surface area contributed by atoms with Crippen LogP contribution in [0.5, 0.6) is 5.75 Å². The predicted molar refractivity (Wildman–Crippen MR) is 91.4 cm³/mol. The lowest BCUT2D eigenvalue weighted by atomic mass is 10.1. The normalized spacial score (nSPS) is 10.6. The summed E-state index contributed by atoms with van der Waals surface area (Å²) < 4.78 is 14.1. The van der Waals surface area contributed by atoms with Crippen LogP contribution in [0, 0.1) is 15.9 Å². The largest absolute Gasteiger partial charge is 0.407 e. The van der Waals surface area contributed by atoms with Crippen LogP contribution in [0.3, 0.4) is 0 Å². The lowest BCUT2D eigenvalue weighted by Crippen LogP contribution is -2.26. The number of hydrogen-bond acceptors (Lipinski definition) is 5. The lowest BCUT2D eigenvalue weighted by Gasteiger charge is -2.13. The first-order chi connectivity index (χ1) is 11.8. The van der Waals surface area contributed by atoms with Gasteiger partial charge >= 0.3 is 0 Å². The Labute approximate surface area is 147 Å². The van der Waals surface area contributed by atoms with Gasteiger partial charge in [0.2, 0.25) is 0 Å². The van der Waals surface area contributed by atoms with Gasteiger partial charge in [-0.1, -0.05) is 23.7 Å². The summed E-state index contributed by atoms with van der Waals surface area (Å²) in [5.41, 5.74) is 1.86. The summed E-state index contributed by atoms with van der Waals surface area (Å²) in [6.07, 6.45) is 0. The number of nitro groups is 1. The molecular formula is C16H15ClFN3O4. The molecule has 0 aromatic heterocycles. The fraction of sp³-hybridized carbons (Fsp3) is 0.188. The highest BCUT2D eigenvalue weighted by atomic mass is 35.5. The topological polar surface area (TPSA) is 93.5 Å². The van der Waals surface area contributed by atoms with Crippen LogP contribution in [0.4, 0.5) is 15.8 Å². The van der Waals surface area contributed by atoms with Crippen LogP contribution in [-0.4, -0.2) is 16.9 Å². The molecule has 132 valence electrons. The Morgan fingerprint density at radius 3 is 2.64 bits per heavy atom. The Balaban J connectivity index is 2.29. The molecule has 2 aromatic rings. The Morgan fingerprint density at radius 2 is 2.00 bits per heavy atom. The summed E-state index contributed by atoms with van der Waals surface area (Å²) >= 11 is 5.90. The third-order valence-electron chi connectivity index (χ3n) is 3.02. The van der Waals surface area contributed by atoms with Crippen LogP contribution < -0.4 is 15.6 Å². The average Bonchev–Trinajstić information content (AvgIpc) is 2.55. The second kappa shape index (κ2) is 7.91. The van der Waals surface area contributed by atoms with Gasteiger partial charge in [-0.25, -0.2) is 4.39 Å². The third kappa shape index (κ3) is 4.65. The molecule has 0 radical (unpaired) electrons. The van der Waals surface area contributed by atoms with Crippen LogP contribution in [-0.2, 0) is 0 Å². The van der Waals surface area contributed by atoms with Crippen LogP contribution in [0.1, 0.15) is 24.2 Å². The fourth-order valence-electron chi connectivity index (χ4n) is 1.90. The minimum absolute atomic E-state index is 0.00865. The van der Waals surface area contributed by atoms with E-state index in [1.807, 2.05) is 13.8 Å². The van der Waals surface area contributed by atoms with Crippen LogP contribution in [0.15, 0.2) is 36.4 Å². The van der Waals surface area contributed by atoms with E-state index in [0.29, 0.717) is 0 Å². The van der Waals surface area contributed by atoms with Gasteiger partial charge in [-0.05, 0) is 26.0 Å². The molecule has 0 fully saturated rings. The molecule has 0 aliphatic rings. The molecule has 0 unspecified atom stereocenters. The van der Waals surface area contributed by atoms with Gasteiger partial charge in [0.25, 0.3) is 11.6 Å². The number of hydroxylamine groups is 1. The molecule has 0 saturated heterocycles. The Morgan fingerprint density at radius 1 is 1.32 bits per heavy atom. The van der Waals surface area contributed by atoms with Crippen molar-refractivity contribution in [1.82, 2.24) is 5.48 Å². The molecule has 25 heavy (non-hydrogen) atoms. The van der Waals surface area contributed by atoms with Gasteiger partial charge in [-0.2, -0.15) is 5.48 Å². The molecule has 2 N–H and O–H groups in total. The van der Waals surface area contributed by atoms with Crippen LogP contribution in [0.25, 0.3) is 0 Å². The molecule has 1 amide bonds.